The van der Waals surface area contributed by atoms with Crippen LogP contribution in [0.15, 0.2) is 36.5 Å². The number of nitrogens with one attached hydrogen (secondary N) is 1. The molecule has 0 radical (unpaired) electrons. The summed E-state index contributed by atoms with van der Waals surface area (Å²) >= 11 is 0. The van der Waals surface area contributed by atoms with E-state index in [4.69, 9.17) is 0 Å². The second-order valence-electron chi connectivity index (χ2n) is 2.47. The molecule has 0 saturated heterocycles. The molecule has 1 aliphatic rings. The van der Waals surface area contributed by atoms with Crippen molar-refractivity contribution < 1.29 is 0 Å². The van der Waals surface area contributed by atoms with Crippen molar-refractivity contribution in [1.82, 2.24) is 5.32 Å². The van der Waals surface area contributed by atoms with Crippen molar-refractivity contribution in [2.45, 2.75) is 0 Å². The molecule has 1 N–H and O–H groups in total. The summed E-state index contributed by atoms with van der Waals surface area (Å²) in [6.45, 7) is 0. The van der Waals surface area contributed by atoms with Gasteiger partial charge in [0.2, 0.25) is 0 Å². The lowest BCUT2D eigenvalue weighted by atomic mass is 10.2. The van der Waals surface area contributed by atoms with Crippen LogP contribution in [0.4, 0.5) is 0 Å². The van der Waals surface area contributed by atoms with Crippen LogP contribution >= 0.6 is 12.4 Å². The average molecular weight is 180 g/mol. The molecule has 0 spiro atoms. The molecule has 0 atom stereocenters. The summed E-state index contributed by atoms with van der Waals surface area (Å²) in [5.74, 6) is 0. The van der Waals surface area contributed by atoms with Crippen LogP contribution in [0.25, 0.3) is 12.3 Å². The molecule has 2 rings (SSSR count). The second kappa shape index (κ2) is 3.98. The minimum atomic E-state index is 0. The molecule has 1 heterocycles. The Kier molecular flexibility index (Phi) is 2.94. The monoisotopic (exact) mass is 179 g/mol. The number of hydrogen-bond acceptors (Lipinski definition) is 1. The van der Waals surface area contributed by atoms with Gasteiger partial charge in [-0.3, -0.25) is 0 Å². The molecule has 1 aromatic carbocycles. The van der Waals surface area contributed by atoms with E-state index in [0.717, 1.165) is 0 Å². The molecule has 62 valence electrons. The fourth-order valence-electron chi connectivity index (χ4n) is 1.14. The Morgan fingerprint density at radius 1 is 1.00 bits per heavy atom. The molecule has 2 heteroatoms. The molecule has 1 aromatic rings. The van der Waals surface area contributed by atoms with Crippen molar-refractivity contribution in [3.63, 3.8) is 0 Å². The van der Waals surface area contributed by atoms with Crippen molar-refractivity contribution >= 4 is 24.7 Å². The third-order valence-corrected chi connectivity index (χ3v) is 1.70. The Morgan fingerprint density at radius 2 is 1.75 bits per heavy atom. The summed E-state index contributed by atoms with van der Waals surface area (Å²) in [6.07, 6.45) is 8.00. The first-order chi connectivity index (χ1) is 5.47. The molecule has 0 unspecified atom stereocenters. The highest BCUT2D eigenvalue weighted by Crippen LogP contribution is 1.77. The summed E-state index contributed by atoms with van der Waals surface area (Å²) in [7, 11) is 0. The van der Waals surface area contributed by atoms with Crippen molar-refractivity contribution in [3.8, 4) is 0 Å². The quantitative estimate of drug-likeness (QED) is 0.620. The zero-order valence-electron chi connectivity index (χ0n) is 6.53. The van der Waals surface area contributed by atoms with Crippen LogP contribution in [-0.2, 0) is 0 Å². The van der Waals surface area contributed by atoms with Crippen molar-refractivity contribution in [3.05, 3.63) is 47.0 Å². The highest BCUT2D eigenvalue weighted by atomic mass is 35.5. The molecule has 0 saturated carbocycles. The lowest BCUT2D eigenvalue weighted by Crippen LogP contribution is -2.24. The van der Waals surface area contributed by atoms with E-state index in [-0.39, 0.29) is 12.4 Å². The maximum atomic E-state index is 3.07. The van der Waals surface area contributed by atoms with E-state index in [1.54, 1.807) is 0 Å². The van der Waals surface area contributed by atoms with E-state index in [9.17, 15) is 0 Å². The van der Waals surface area contributed by atoms with Crippen LogP contribution < -0.4 is 15.8 Å². The predicted molar refractivity (Wildman–Crippen MR) is 54.1 cm³/mol. The van der Waals surface area contributed by atoms with Crippen molar-refractivity contribution in [2.24, 2.45) is 0 Å². The minimum Gasteiger partial charge on any atom is -0.367 e. The van der Waals surface area contributed by atoms with Gasteiger partial charge in [0, 0.05) is 12.4 Å². The second-order valence-corrected chi connectivity index (χ2v) is 2.47. The lowest BCUT2D eigenvalue weighted by molar-refractivity contribution is 1.28. The predicted octanol–water partition coefficient (Wildman–Crippen LogP) is 0.744. The summed E-state index contributed by atoms with van der Waals surface area (Å²) in [5, 5.41) is 5.56. The fraction of sp³-hybridized carbons (Fsp3) is 0. The van der Waals surface area contributed by atoms with E-state index < -0.39 is 0 Å². The standard InChI is InChI=1S/C10H9N.ClH/c1-2-5-10-8-11-7-3-6-9(10)4-1;/h1-8,11H;1H. The minimum absolute atomic E-state index is 0. The molecule has 12 heavy (non-hydrogen) atoms. The van der Waals surface area contributed by atoms with E-state index in [0.29, 0.717) is 0 Å². The first kappa shape index (κ1) is 8.88. The number of benzene rings is 1. The highest BCUT2D eigenvalue weighted by molar-refractivity contribution is 5.85. The third kappa shape index (κ3) is 1.69. The van der Waals surface area contributed by atoms with E-state index in [1.807, 2.05) is 30.6 Å². The van der Waals surface area contributed by atoms with Gasteiger partial charge in [0.25, 0.3) is 0 Å². The van der Waals surface area contributed by atoms with Gasteiger partial charge in [-0.2, -0.15) is 0 Å². The van der Waals surface area contributed by atoms with Gasteiger partial charge in [-0.25, -0.2) is 0 Å². The number of rotatable bonds is 0. The van der Waals surface area contributed by atoms with Crippen LogP contribution in [0.1, 0.15) is 0 Å². The normalized spacial score (nSPS) is 12.3. The average Bonchev–Trinajstić information content (AvgIpc) is 2.28. The molecule has 1 aliphatic heterocycles. The third-order valence-electron chi connectivity index (χ3n) is 1.70. The molecule has 0 aromatic heterocycles. The lowest BCUT2D eigenvalue weighted by Gasteiger charge is -1.86. The Hall–Kier alpha value is -1.21. The highest BCUT2D eigenvalue weighted by Gasteiger charge is 1.83. The molecule has 0 amide bonds. The summed E-state index contributed by atoms with van der Waals surface area (Å²) in [5.41, 5.74) is 0. The molecule has 0 aliphatic carbocycles. The van der Waals surface area contributed by atoms with Gasteiger partial charge in [0.15, 0.2) is 0 Å². The SMILES string of the molecule is C1=CNC=c2ccccc2=C1.Cl. The summed E-state index contributed by atoms with van der Waals surface area (Å²) < 4.78 is 0. The molecule has 1 nitrogen and oxygen atoms in total. The van der Waals surface area contributed by atoms with Crippen molar-refractivity contribution in [1.29, 1.82) is 0 Å². The zero-order valence-corrected chi connectivity index (χ0v) is 7.34. The number of halogens is 1. The molecule has 0 bridgehead atoms. The van der Waals surface area contributed by atoms with Crippen LogP contribution in [0, 0.1) is 0 Å². The fourth-order valence-corrected chi connectivity index (χ4v) is 1.14. The van der Waals surface area contributed by atoms with E-state index >= 15 is 0 Å². The number of fused-ring (bicyclic) bond motifs is 1. The maximum Gasteiger partial charge on any atom is 0.00836 e. The largest absolute Gasteiger partial charge is 0.367 e. The van der Waals surface area contributed by atoms with Crippen LogP contribution in [0.2, 0.25) is 0 Å². The number of hydrogen-bond donors (Lipinski definition) is 1. The molecular weight excluding hydrogens is 170 g/mol. The summed E-state index contributed by atoms with van der Waals surface area (Å²) in [4.78, 5) is 0. The Morgan fingerprint density at radius 3 is 2.58 bits per heavy atom. The molecular formula is C10H10ClN. The number of allylic oxidation sites excluding steroid dienone is 1. The van der Waals surface area contributed by atoms with Gasteiger partial charge < -0.3 is 5.32 Å². The van der Waals surface area contributed by atoms with Crippen LogP contribution in [0.5, 0.6) is 0 Å². The van der Waals surface area contributed by atoms with Gasteiger partial charge in [-0.1, -0.05) is 30.3 Å². The van der Waals surface area contributed by atoms with Gasteiger partial charge in [0.1, 0.15) is 0 Å². The van der Waals surface area contributed by atoms with Crippen LogP contribution in [0.3, 0.4) is 0 Å². The zero-order chi connectivity index (χ0) is 7.52. The Balaban J connectivity index is 0.000000720. The van der Waals surface area contributed by atoms with E-state index in [1.165, 1.54) is 10.4 Å². The Labute approximate surface area is 77.5 Å². The van der Waals surface area contributed by atoms with Gasteiger partial charge in [0.05, 0.1) is 0 Å². The van der Waals surface area contributed by atoms with Gasteiger partial charge in [-0.15, -0.1) is 12.4 Å². The Bertz CT molecular complexity index is 393. The van der Waals surface area contributed by atoms with Gasteiger partial charge >= 0.3 is 0 Å². The van der Waals surface area contributed by atoms with Crippen LogP contribution in [-0.4, -0.2) is 0 Å². The van der Waals surface area contributed by atoms with Crippen molar-refractivity contribution in [2.75, 3.05) is 0 Å². The smallest absolute Gasteiger partial charge is 0.00836 e. The summed E-state index contributed by atoms with van der Waals surface area (Å²) in [6, 6.07) is 8.27. The molecule has 0 fully saturated rings. The topological polar surface area (TPSA) is 12.0 Å². The first-order valence-corrected chi connectivity index (χ1v) is 3.65. The maximum absolute atomic E-state index is 3.07. The van der Waals surface area contributed by atoms with E-state index in [2.05, 4.69) is 23.5 Å². The van der Waals surface area contributed by atoms with Gasteiger partial charge in [-0.05, 0) is 16.5 Å². The first-order valence-electron chi connectivity index (χ1n) is 3.65.